The molecule has 7 heteroatoms. The van der Waals surface area contributed by atoms with Crippen LogP contribution in [-0.4, -0.2) is 23.9 Å². The number of benzene rings is 3. The number of nitrogens with zero attached hydrogens (tertiary/aromatic N) is 2. The quantitative estimate of drug-likeness (QED) is 0.500. The van der Waals surface area contributed by atoms with E-state index >= 15 is 0 Å². The second kappa shape index (κ2) is 12.2. The van der Waals surface area contributed by atoms with Crippen molar-refractivity contribution in [1.29, 1.82) is 0 Å². The van der Waals surface area contributed by atoms with E-state index in [0.29, 0.717) is 0 Å². The van der Waals surface area contributed by atoms with Crippen LogP contribution in [-0.2, 0) is 4.74 Å². The molecule has 3 rings (SSSR count). The molecule has 2 amide bonds. The minimum Gasteiger partial charge on any atom is -0.462 e. The van der Waals surface area contributed by atoms with Gasteiger partial charge in [0, 0.05) is 0 Å². The van der Waals surface area contributed by atoms with Crippen molar-refractivity contribution in [2.45, 2.75) is 6.92 Å². The molecule has 0 saturated carbocycles. The van der Waals surface area contributed by atoms with Crippen LogP contribution in [0.4, 0.5) is 9.59 Å². The van der Waals surface area contributed by atoms with Crippen molar-refractivity contribution in [3.8, 4) is 0 Å². The molecule has 0 atom stereocenters. The molecule has 0 radical (unpaired) electrons. The summed E-state index contributed by atoms with van der Waals surface area (Å²) in [5.41, 5.74) is 0. The number of hydrogen-bond acceptors (Lipinski definition) is 3. The van der Waals surface area contributed by atoms with Crippen molar-refractivity contribution < 1.29 is 19.4 Å². The van der Waals surface area contributed by atoms with E-state index in [2.05, 4.69) is 106 Å². The van der Waals surface area contributed by atoms with Gasteiger partial charge >= 0.3 is 12.2 Å². The highest BCUT2D eigenvalue weighted by Crippen LogP contribution is 2.32. The Hall–Kier alpha value is -3.37. The van der Waals surface area contributed by atoms with Crippen molar-refractivity contribution in [2.75, 3.05) is 6.61 Å². The summed E-state index contributed by atoms with van der Waals surface area (Å²) >= 11 is 0. The molecule has 0 bridgehead atoms. The lowest BCUT2D eigenvalue weighted by Crippen LogP contribution is -2.20. The van der Waals surface area contributed by atoms with Gasteiger partial charge in [0.1, 0.15) is 0 Å². The summed E-state index contributed by atoms with van der Waals surface area (Å²) < 4.78 is 4.23. The number of carboxylic acid groups (broad SMARTS) is 1. The Bertz CT molecular complexity index is 825. The Kier molecular flexibility index (Phi) is 9.19. The molecule has 0 spiro atoms. The van der Waals surface area contributed by atoms with Gasteiger partial charge < -0.3 is 9.84 Å². The molecule has 6 nitrogen and oxygen atoms in total. The van der Waals surface area contributed by atoms with Crippen molar-refractivity contribution >= 4 is 36.0 Å². The predicted molar refractivity (Wildman–Crippen MR) is 115 cm³/mol. The van der Waals surface area contributed by atoms with Crippen LogP contribution in [0.1, 0.15) is 6.92 Å². The van der Waals surface area contributed by atoms with E-state index in [-0.39, 0.29) is 6.61 Å². The lowest BCUT2D eigenvalue weighted by atomic mass is 10.4. The first-order valence-electron chi connectivity index (χ1n) is 8.88. The van der Waals surface area contributed by atoms with E-state index in [1.807, 2.05) is 0 Å². The molecular weight excluding hydrogens is 387 g/mol. The fourth-order valence-corrected chi connectivity index (χ4v) is 4.72. The Morgan fingerprint density at radius 3 is 1.45 bits per heavy atom. The number of carbonyl (C=O) groups excluding carboxylic acids is 1. The number of azo groups is 1. The van der Waals surface area contributed by atoms with Gasteiger partial charge in [0.2, 0.25) is 0 Å². The molecule has 0 fully saturated rings. The monoisotopic (exact) mass is 408 g/mol. The van der Waals surface area contributed by atoms with Crippen molar-refractivity contribution in [2.24, 2.45) is 10.2 Å². The van der Waals surface area contributed by atoms with Crippen LogP contribution < -0.4 is 15.9 Å². The lowest BCUT2D eigenvalue weighted by molar-refractivity contribution is 0.160. The maximum Gasteiger partial charge on any atom is 0.452 e. The summed E-state index contributed by atoms with van der Waals surface area (Å²) in [6.45, 7) is 1.73. The van der Waals surface area contributed by atoms with Gasteiger partial charge in [-0.1, -0.05) is 101 Å². The molecule has 1 N–H and O–H groups in total. The normalized spacial score (nSPS) is 10.3. The van der Waals surface area contributed by atoms with Crippen molar-refractivity contribution in [3.05, 3.63) is 91.0 Å². The number of carbonyl (C=O) groups is 2. The highest BCUT2D eigenvalue weighted by molar-refractivity contribution is 7.79. The molecule has 0 aliphatic carbocycles. The largest absolute Gasteiger partial charge is 0.462 e. The van der Waals surface area contributed by atoms with E-state index in [4.69, 9.17) is 5.11 Å². The van der Waals surface area contributed by atoms with Crippen LogP contribution in [0.25, 0.3) is 0 Å². The first kappa shape index (κ1) is 21.9. The zero-order valence-electron chi connectivity index (χ0n) is 15.9. The first-order chi connectivity index (χ1) is 14.1. The van der Waals surface area contributed by atoms with Gasteiger partial charge in [-0.2, -0.15) is 0 Å². The lowest BCUT2D eigenvalue weighted by Gasteiger charge is -2.18. The third kappa shape index (κ3) is 7.64. The molecular formula is C22H21N2O4P. The third-order valence-electron chi connectivity index (χ3n) is 3.53. The minimum absolute atomic E-state index is 0.150. The minimum atomic E-state index is -1.52. The smallest absolute Gasteiger partial charge is 0.452 e. The summed E-state index contributed by atoms with van der Waals surface area (Å²) in [7, 11) is -0.446. The van der Waals surface area contributed by atoms with Crippen LogP contribution in [0.5, 0.6) is 0 Å². The molecule has 148 valence electrons. The SMILES string of the molecule is CCOC(=O)N=NC(=O)O.c1ccc(P(c2ccccc2)c2ccccc2)cc1. The maximum atomic E-state index is 10.2. The zero-order chi connectivity index (χ0) is 20.9. The number of hydrogen-bond donors (Lipinski definition) is 1. The van der Waals surface area contributed by atoms with Gasteiger partial charge in [-0.05, 0) is 30.8 Å². The van der Waals surface area contributed by atoms with Gasteiger partial charge in [-0.15, -0.1) is 0 Å². The zero-order valence-corrected chi connectivity index (χ0v) is 16.8. The van der Waals surface area contributed by atoms with Crippen LogP contribution in [0.2, 0.25) is 0 Å². The van der Waals surface area contributed by atoms with Crippen LogP contribution >= 0.6 is 7.92 Å². The topological polar surface area (TPSA) is 88.3 Å². The van der Waals surface area contributed by atoms with Crippen molar-refractivity contribution in [3.63, 3.8) is 0 Å². The average molecular weight is 408 g/mol. The standard InChI is InChI=1S/C18H15P.C4H6N2O4/c1-4-10-16(11-5-1)19(17-12-6-2-7-13-17)18-14-8-3-9-15-18;1-2-10-4(9)6-5-3(7)8/h1-15H;2H2,1H3,(H,7,8). The maximum absolute atomic E-state index is 10.2. The summed E-state index contributed by atoms with van der Waals surface area (Å²) in [6, 6.07) is 32.3. The Morgan fingerprint density at radius 2 is 1.14 bits per heavy atom. The Labute approximate surface area is 170 Å². The molecule has 0 heterocycles. The fraction of sp³-hybridized carbons (Fsp3) is 0.0909. The Balaban J connectivity index is 0.000000257. The van der Waals surface area contributed by atoms with Gasteiger partial charge in [0.15, 0.2) is 0 Å². The van der Waals surface area contributed by atoms with Gasteiger partial charge in [0.05, 0.1) is 6.61 Å². The van der Waals surface area contributed by atoms with E-state index in [1.165, 1.54) is 15.9 Å². The first-order valence-corrected chi connectivity index (χ1v) is 10.2. The van der Waals surface area contributed by atoms with Crippen LogP contribution in [0.15, 0.2) is 101 Å². The van der Waals surface area contributed by atoms with Crippen LogP contribution in [0, 0.1) is 0 Å². The summed E-state index contributed by atoms with van der Waals surface area (Å²) in [5.74, 6) is 0. The molecule has 0 aliphatic rings. The number of ether oxygens (including phenoxy) is 1. The van der Waals surface area contributed by atoms with E-state index in [9.17, 15) is 9.59 Å². The van der Waals surface area contributed by atoms with Gasteiger partial charge in [0.25, 0.3) is 0 Å². The molecule has 29 heavy (non-hydrogen) atoms. The number of rotatable bonds is 4. The third-order valence-corrected chi connectivity index (χ3v) is 5.97. The molecule has 0 saturated heterocycles. The molecule has 3 aromatic rings. The van der Waals surface area contributed by atoms with Crippen LogP contribution in [0.3, 0.4) is 0 Å². The van der Waals surface area contributed by atoms with Crippen molar-refractivity contribution in [1.82, 2.24) is 0 Å². The Morgan fingerprint density at radius 1 is 0.759 bits per heavy atom. The summed E-state index contributed by atoms with van der Waals surface area (Å²) in [6.07, 6.45) is -2.52. The highest BCUT2D eigenvalue weighted by Gasteiger charge is 2.14. The summed E-state index contributed by atoms with van der Waals surface area (Å²) in [5, 5.41) is 17.2. The van der Waals surface area contributed by atoms with Gasteiger partial charge in [-0.3, -0.25) is 0 Å². The van der Waals surface area contributed by atoms with E-state index in [0.717, 1.165) is 0 Å². The molecule has 0 aliphatic heterocycles. The van der Waals surface area contributed by atoms with Gasteiger partial charge in [-0.25, -0.2) is 9.59 Å². The van der Waals surface area contributed by atoms with E-state index < -0.39 is 20.1 Å². The second-order valence-corrected chi connectivity index (χ2v) is 7.74. The number of amides is 2. The summed E-state index contributed by atoms with van der Waals surface area (Å²) in [4.78, 5) is 19.8. The molecule has 0 aromatic heterocycles. The predicted octanol–water partition coefficient (Wildman–Crippen LogP) is 4.72. The average Bonchev–Trinajstić information content (AvgIpc) is 2.76. The second-order valence-electron chi connectivity index (χ2n) is 5.52. The van der Waals surface area contributed by atoms with E-state index in [1.54, 1.807) is 6.92 Å². The molecule has 3 aromatic carbocycles. The highest BCUT2D eigenvalue weighted by atomic mass is 31.1. The molecule has 0 unspecified atom stereocenters. The fourth-order valence-electron chi connectivity index (χ4n) is 2.41.